The molecule has 20 heavy (non-hydrogen) atoms. The predicted octanol–water partition coefficient (Wildman–Crippen LogP) is 3.13. The molecule has 0 unspecified atom stereocenters. The van der Waals surface area contributed by atoms with Crippen LogP contribution in [0.5, 0.6) is 5.75 Å². The molecule has 0 bridgehead atoms. The molecule has 1 aliphatic rings. The first kappa shape index (κ1) is 13.1. The summed E-state index contributed by atoms with van der Waals surface area (Å²) in [5, 5.41) is 3.38. The monoisotopic (exact) mass is 268 g/mol. The standard InChI is InChI=1S/C17H20N2O/c1-2-16(12-19-9-1)15-3-5-17(6-4-15)20-13-14-7-10-18-11-8-14/h1-6,9,12,14,18H,7-8,10-11,13H2. The molecular formula is C17H20N2O. The number of nitrogens with one attached hydrogen (secondary N) is 1. The average Bonchev–Trinajstić information content (AvgIpc) is 2.55. The van der Waals surface area contributed by atoms with Crippen molar-refractivity contribution in [3.05, 3.63) is 48.8 Å². The Morgan fingerprint density at radius 2 is 1.85 bits per heavy atom. The number of ether oxygens (including phenoxy) is 1. The van der Waals surface area contributed by atoms with E-state index in [2.05, 4.69) is 28.5 Å². The van der Waals surface area contributed by atoms with E-state index in [0.717, 1.165) is 31.0 Å². The van der Waals surface area contributed by atoms with E-state index in [-0.39, 0.29) is 0 Å². The van der Waals surface area contributed by atoms with E-state index in [1.54, 1.807) is 6.20 Å². The summed E-state index contributed by atoms with van der Waals surface area (Å²) < 4.78 is 5.89. The SMILES string of the molecule is c1cncc(-c2ccc(OCC3CCNCC3)cc2)c1. The lowest BCUT2D eigenvalue weighted by molar-refractivity contribution is 0.215. The first-order valence-electron chi connectivity index (χ1n) is 7.26. The second kappa shape index (κ2) is 6.53. The summed E-state index contributed by atoms with van der Waals surface area (Å²) >= 11 is 0. The molecule has 1 N–H and O–H groups in total. The van der Waals surface area contributed by atoms with Crippen molar-refractivity contribution in [2.45, 2.75) is 12.8 Å². The molecular weight excluding hydrogens is 248 g/mol. The normalized spacial score (nSPS) is 16.0. The number of nitrogens with zero attached hydrogens (tertiary/aromatic N) is 1. The Bertz CT molecular complexity index is 518. The van der Waals surface area contributed by atoms with Crippen LogP contribution in [-0.4, -0.2) is 24.7 Å². The molecule has 0 amide bonds. The maximum Gasteiger partial charge on any atom is 0.119 e. The van der Waals surface area contributed by atoms with Crippen LogP contribution in [0.25, 0.3) is 11.1 Å². The topological polar surface area (TPSA) is 34.1 Å². The summed E-state index contributed by atoms with van der Waals surface area (Å²) in [7, 11) is 0. The van der Waals surface area contributed by atoms with E-state index in [0.29, 0.717) is 5.92 Å². The molecule has 1 saturated heterocycles. The fraction of sp³-hybridized carbons (Fsp3) is 0.353. The maximum absolute atomic E-state index is 5.89. The van der Waals surface area contributed by atoms with Crippen LogP contribution in [0, 0.1) is 5.92 Å². The molecule has 3 rings (SSSR count). The van der Waals surface area contributed by atoms with E-state index in [9.17, 15) is 0 Å². The quantitative estimate of drug-likeness (QED) is 0.925. The van der Waals surface area contributed by atoms with Gasteiger partial charge in [-0.25, -0.2) is 0 Å². The number of aromatic nitrogens is 1. The van der Waals surface area contributed by atoms with Gasteiger partial charge in [0.2, 0.25) is 0 Å². The third kappa shape index (κ3) is 3.36. The number of benzene rings is 1. The average molecular weight is 268 g/mol. The largest absolute Gasteiger partial charge is 0.493 e. The molecule has 0 spiro atoms. The predicted molar refractivity (Wildman–Crippen MR) is 80.8 cm³/mol. The second-order valence-electron chi connectivity index (χ2n) is 5.27. The van der Waals surface area contributed by atoms with Gasteiger partial charge in [0.05, 0.1) is 6.61 Å². The van der Waals surface area contributed by atoms with Crippen molar-refractivity contribution in [3.8, 4) is 16.9 Å². The number of pyridine rings is 1. The molecule has 0 saturated carbocycles. The highest BCUT2D eigenvalue weighted by molar-refractivity contribution is 5.62. The van der Waals surface area contributed by atoms with Crippen molar-refractivity contribution in [1.82, 2.24) is 10.3 Å². The molecule has 1 aromatic heterocycles. The zero-order valence-corrected chi connectivity index (χ0v) is 11.6. The van der Waals surface area contributed by atoms with Crippen LogP contribution < -0.4 is 10.1 Å². The molecule has 1 fully saturated rings. The molecule has 2 heterocycles. The van der Waals surface area contributed by atoms with Crippen LogP contribution in [-0.2, 0) is 0 Å². The van der Waals surface area contributed by atoms with Crippen LogP contribution in [0.3, 0.4) is 0 Å². The molecule has 1 aliphatic heterocycles. The van der Waals surface area contributed by atoms with Crippen LogP contribution in [0.2, 0.25) is 0 Å². The van der Waals surface area contributed by atoms with Gasteiger partial charge in [-0.15, -0.1) is 0 Å². The highest BCUT2D eigenvalue weighted by Gasteiger charge is 2.13. The van der Waals surface area contributed by atoms with Gasteiger partial charge >= 0.3 is 0 Å². The number of hydrogen-bond donors (Lipinski definition) is 1. The van der Waals surface area contributed by atoms with Crippen LogP contribution in [0.1, 0.15) is 12.8 Å². The lowest BCUT2D eigenvalue weighted by Gasteiger charge is -2.22. The van der Waals surface area contributed by atoms with Crippen molar-refractivity contribution in [1.29, 1.82) is 0 Å². The molecule has 0 atom stereocenters. The summed E-state index contributed by atoms with van der Waals surface area (Å²) in [5.74, 6) is 1.64. The Hall–Kier alpha value is -1.87. The Morgan fingerprint density at radius 1 is 1.05 bits per heavy atom. The minimum atomic E-state index is 0.689. The summed E-state index contributed by atoms with van der Waals surface area (Å²) in [5.41, 5.74) is 2.31. The minimum Gasteiger partial charge on any atom is -0.493 e. The smallest absolute Gasteiger partial charge is 0.119 e. The molecule has 0 aliphatic carbocycles. The Labute approximate surface area is 120 Å². The van der Waals surface area contributed by atoms with Crippen molar-refractivity contribution in [2.24, 2.45) is 5.92 Å². The third-order valence-corrected chi connectivity index (χ3v) is 3.79. The van der Waals surface area contributed by atoms with Gasteiger partial charge in [0.15, 0.2) is 0 Å². The van der Waals surface area contributed by atoms with E-state index in [1.807, 2.05) is 24.4 Å². The van der Waals surface area contributed by atoms with E-state index in [4.69, 9.17) is 4.74 Å². The highest BCUT2D eigenvalue weighted by Crippen LogP contribution is 2.22. The Kier molecular flexibility index (Phi) is 4.28. The molecule has 1 aromatic carbocycles. The molecule has 2 aromatic rings. The molecule has 0 radical (unpaired) electrons. The Balaban J connectivity index is 1.58. The fourth-order valence-corrected chi connectivity index (χ4v) is 2.54. The third-order valence-electron chi connectivity index (χ3n) is 3.79. The second-order valence-corrected chi connectivity index (χ2v) is 5.27. The van der Waals surface area contributed by atoms with Gasteiger partial charge < -0.3 is 10.1 Å². The van der Waals surface area contributed by atoms with Crippen molar-refractivity contribution in [3.63, 3.8) is 0 Å². The summed E-state index contributed by atoms with van der Waals surface area (Å²) in [6, 6.07) is 12.3. The minimum absolute atomic E-state index is 0.689. The number of rotatable bonds is 4. The van der Waals surface area contributed by atoms with E-state index in [1.165, 1.54) is 18.4 Å². The molecule has 104 valence electrons. The van der Waals surface area contributed by atoms with Crippen LogP contribution in [0.4, 0.5) is 0 Å². The molecule has 3 heteroatoms. The van der Waals surface area contributed by atoms with Crippen molar-refractivity contribution >= 4 is 0 Å². The van der Waals surface area contributed by atoms with Gasteiger partial charge in [0.25, 0.3) is 0 Å². The summed E-state index contributed by atoms with van der Waals surface area (Å²) in [6.07, 6.45) is 6.10. The van der Waals surface area contributed by atoms with E-state index >= 15 is 0 Å². The Morgan fingerprint density at radius 3 is 2.55 bits per heavy atom. The lowest BCUT2D eigenvalue weighted by Crippen LogP contribution is -2.30. The maximum atomic E-state index is 5.89. The zero-order chi connectivity index (χ0) is 13.6. The highest BCUT2D eigenvalue weighted by atomic mass is 16.5. The van der Waals surface area contributed by atoms with Gasteiger partial charge in [-0.05, 0) is 61.2 Å². The van der Waals surface area contributed by atoms with Gasteiger partial charge in [-0.2, -0.15) is 0 Å². The molecule has 3 nitrogen and oxygen atoms in total. The van der Waals surface area contributed by atoms with Crippen molar-refractivity contribution in [2.75, 3.05) is 19.7 Å². The summed E-state index contributed by atoms with van der Waals surface area (Å²) in [6.45, 7) is 3.07. The van der Waals surface area contributed by atoms with Gasteiger partial charge in [-0.1, -0.05) is 18.2 Å². The summed E-state index contributed by atoms with van der Waals surface area (Å²) in [4.78, 5) is 4.14. The van der Waals surface area contributed by atoms with Gasteiger partial charge in [0, 0.05) is 12.4 Å². The zero-order valence-electron chi connectivity index (χ0n) is 11.6. The number of hydrogen-bond acceptors (Lipinski definition) is 3. The van der Waals surface area contributed by atoms with E-state index < -0.39 is 0 Å². The van der Waals surface area contributed by atoms with Crippen LogP contribution >= 0.6 is 0 Å². The van der Waals surface area contributed by atoms with Crippen molar-refractivity contribution < 1.29 is 4.74 Å². The first-order valence-corrected chi connectivity index (χ1v) is 7.26. The van der Waals surface area contributed by atoms with Gasteiger partial charge in [0.1, 0.15) is 5.75 Å². The van der Waals surface area contributed by atoms with Crippen LogP contribution in [0.15, 0.2) is 48.8 Å². The fourth-order valence-electron chi connectivity index (χ4n) is 2.54. The first-order chi connectivity index (χ1) is 9.92. The van der Waals surface area contributed by atoms with Gasteiger partial charge in [-0.3, -0.25) is 4.98 Å². The number of piperidine rings is 1. The lowest BCUT2D eigenvalue weighted by atomic mass is 9.99.